The minimum Gasteiger partial charge on any atom is -0.352 e. The fraction of sp³-hybridized carbons (Fsp3) is 0.176. The molecule has 0 atom stereocenters. The van der Waals surface area contributed by atoms with Crippen LogP contribution in [0.5, 0.6) is 0 Å². The zero-order valence-electron chi connectivity index (χ0n) is 13.0. The van der Waals surface area contributed by atoms with E-state index in [0.29, 0.717) is 28.9 Å². The molecule has 0 radical (unpaired) electrons. The van der Waals surface area contributed by atoms with Gasteiger partial charge in [-0.1, -0.05) is 6.07 Å². The topological polar surface area (TPSA) is 101 Å². The third-order valence-corrected chi connectivity index (χ3v) is 3.95. The van der Waals surface area contributed by atoms with Gasteiger partial charge in [0.05, 0.1) is 4.92 Å². The van der Waals surface area contributed by atoms with E-state index in [0.717, 1.165) is 12.0 Å². The van der Waals surface area contributed by atoms with E-state index in [-0.39, 0.29) is 17.5 Å². The lowest BCUT2D eigenvalue weighted by atomic mass is 9.99. The molecule has 1 aliphatic heterocycles. The van der Waals surface area contributed by atoms with Crippen LogP contribution in [0.2, 0.25) is 0 Å². The molecule has 0 saturated carbocycles. The SMILES string of the molecule is Cc1cc(C(=O)Nc2ccc3c(c2)C(=O)NCC3)ccc1[N+](=O)[O-]. The van der Waals surface area contributed by atoms with Crippen LogP contribution in [0, 0.1) is 17.0 Å². The van der Waals surface area contributed by atoms with Gasteiger partial charge in [0.2, 0.25) is 0 Å². The van der Waals surface area contributed by atoms with Gasteiger partial charge in [-0.2, -0.15) is 0 Å². The maximum absolute atomic E-state index is 12.3. The largest absolute Gasteiger partial charge is 0.352 e. The maximum atomic E-state index is 12.3. The summed E-state index contributed by atoms with van der Waals surface area (Å²) in [7, 11) is 0. The number of fused-ring (bicyclic) bond motifs is 1. The van der Waals surface area contributed by atoms with E-state index < -0.39 is 4.92 Å². The number of nitro groups is 1. The lowest BCUT2D eigenvalue weighted by molar-refractivity contribution is -0.385. The van der Waals surface area contributed by atoms with E-state index in [4.69, 9.17) is 0 Å². The Balaban J connectivity index is 1.82. The highest BCUT2D eigenvalue weighted by molar-refractivity contribution is 6.05. The van der Waals surface area contributed by atoms with Gasteiger partial charge in [-0.25, -0.2) is 0 Å². The molecule has 7 nitrogen and oxygen atoms in total. The molecule has 24 heavy (non-hydrogen) atoms. The molecule has 1 heterocycles. The van der Waals surface area contributed by atoms with Crippen LogP contribution in [-0.4, -0.2) is 23.3 Å². The third kappa shape index (κ3) is 2.96. The van der Waals surface area contributed by atoms with Crippen LogP contribution in [-0.2, 0) is 6.42 Å². The zero-order chi connectivity index (χ0) is 17.3. The standard InChI is InChI=1S/C17H15N3O4/c1-10-8-12(3-5-15(10)20(23)24)16(21)19-13-4-2-11-6-7-18-17(22)14(11)9-13/h2-5,8-9H,6-7H2,1H3,(H,18,22)(H,19,21). The first-order chi connectivity index (χ1) is 11.5. The smallest absolute Gasteiger partial charge is 0.272 e. The minimum absolute atomic E-state index is 0.0306. The fourth-order valence-corrected chi connectivity index (χ4v) is 2.69. The van der Waals surface area contributed by atoms with Crippen LogP contribution < -0.4 is 10.6 Å². The first-order valence-corrected chi connectivity index (χ1v) is 7.43. The van der Waals surface area contributed by atoms with Gasteiger partial charge in [0.15, 0.2) is 0 Å². The van der Waals surface area contributed by atoms with Crippen molar-refractivity contribution < 1.29 is 14.5 Å². The van der Waals surface area contributed by atoms with Gasteiger partial charge in [0.25, 0.3) is 17.5 Å². The van der Waals surface area contributed by atoms with Gasteiger partial charge in [0.1, 0.15) is 0 Å². The predicted molar refractivity (Wildman–Crippen MR) is 88.3 cm³/mol. The Kier molecular flexibility index (Phi) is 3.99. The van der Waals surface area contributed by atoms with Crippen molar-refractivity contribution >= 4 is 23.2 Å². The summed E-state index contributed by atoms with van der Waals surface area (Å²) in [5.74, 6) is -0.539. The van der Waals surface area contributed by atoms with E-state index >= 15 is 0 Å². The molecule has 0 spiro atoms. The van der Waals surface area contributed by atoms with Gasteiger partial charge >= 0.3 is 0 Å². The van der Waals surface area contributed by atoms with Gasteiger partial charge in [-0.15, -0.1) is 0 Å². The molecule has 0 fully saturated rings. The first-order valence-electron chi connectivity index (χ1n) is 7.43. The summed E-state index contributed by atoms with van der Waals surface area (Å²) in [6.45, 7) is 2.19. The van der Waals surface area contributed by atoms with Crippen LogP contribution in [0.4, 0.5) is 11.4 Å². The van der Waals surface area contributed by atoms with Crippen molar-refractivity contribution in [3.05, 3.63) is 68.8 Å². The number of carbonyl (C=O) groups is 2. The van der Waals surface area contributed by atoms with Gasteiger partial charge in [-0.3, -0.25) is 19.7 Å². The summed E-state index contributed by atoms with van der Waals surface area (Å²) < 4.78 is 0. The number of hydrogen-bond donors (Lipinski definition) is 2. The second kappa shape index (κ2) is 6.11. The summed E-state index contributed by atoms with van der Waals surface area (Å²) in [6, 6.07) is 9.40. The van der Waals surface area contributed by atoms with E-state index in [1.807, 2.05) is 6.07 Å². The number of anilines is 1. The number of carbonyl (C=O) groups excluding carboxylic acids is 2. The molecule has 2 amide bonds. The number of nitro benzene ring substituents is 1. The Morgan fingerprint density at radius 1 is 1.25 bits per heavy atom. The van der Waals surface area contributed by atoms with Crippen LogP contribution in [0.1, 0.15) is 31.8 Å². The average molecular weight is 325 g/mol. The summed E-state index contributed by atoms with van der Waals surface area (Å²) in [6.07, 6.45) is 0.761. The van der Waals surface area contributed by atoms with E-state index in [1.54, 1.807) is 19.1 Å². The van der Waals surface area contributed by atoms with E-state index in [1.165, 1.54) is 18.2 Å². The summed E-state index contributed by atoms with van der Waals surface area (Å²) in [4.78, 5) is 34.5. The zero-order valence-corrected chi connectivity index (χ0v) is 13.0. The number of aryl methyl sites for hydroxylation is 1. The second-order valence-electron chi connectivity index (χ2n) is 5.59. The molecule has 3 rings (SSSR count). The molecule has 0 aliphatic carbocycles. The molecule has 2 aromatic rings. The first kappa shape index (κ1) is 15.7. The number of benzene rings is 2. The Bertz CT molecular complexity index is 861. The van der Waals surface area contributed by atoms with E-state index in [9.17, 15) is 19.7 Å². The molecule has 0 saturated heterocycles. The van der Waals surface area contributed by atoms with Crippen molar-refractivity contribution in [2.75, 3.05) is 11.9 Å². The molecule has 2 aromatic carbocycles. The van der Waals surface area contributed by atoms with Crippen molar-refractivity contribution in [1.29, 1.82) is 0 Å². The minimum atomic E-state index is -0.487. The monoisotopic (exact) mass is 325 g/mol. The number of amides is 2. The maximum Gasteiger partial charge on any atom is 0.272 e. The quantitative estimate of drug-likeness (QED) is 0.668. The fourth-order valence-electron chi connectivity index (χ4n) is 2.69. The van der Waals surface area contributed by atoms with Crippen molar-refractivity contribution in [1.82, 2.24) is 5.32 Å². The number of hydrogen-bond acceptors (Lipinski definition) is 4. The lowest BCUT2D eigenvalue weighted by Gasteiger charge is -2.17. The molecule has 2 N–H and O–H groups in total. The van der Waals surface area contributed by atoms with Gasteiger partial charge in [0, 0.05) is 35.0 Å². The molecule has 0 unspecified atom stereocenters. The van der Waals surface area contributed by atoms with Crippen LogP contribution in [0.3, 0.4) is 0 Å². The predicted octanol–water partition coefficient (Wildman–Crippen LogP) is 2.44. The highest BCUT2D eigenvalue weighted by Gasteiger charge is 2.18. The van der Waals surface area contributed by atoms with E-state index in [2.05, 4.69) is 10.6 Å². The molecule has 7 heteroatoms. The summed E-state index contributed by atoms with van der Waals surface area (Å²) in [5.41, 5.74) is 2.71. The number of nitrogens with one attached hydrogen (secondary N) is 2. The van der Waals surface area contributed by atoms with Crippen LogP contribution in [0.25, 0.3) is 0 Å². The molecule has 1 aliphatic rings. The Morgan fingerprint density at radius 2 is 2.04 bits per heavy atom. The lowest BCUT2D eigenvalue weighted by Crippen LogP contribution is -2.31. The Labute approximate surface area is 137 Å². The van der Waals surface area contributed by atoms with Crippen molar-refractivity contribution in [2.45, 2.75) is 13.3 Å². The highest BCUT2D eigenvalue weighted by Crippen LogP contribution is 2.22. The molecule has 0 bridgehead atoms. The average Bonchev–Trinajstić information content (AvgIpc) is 2.55. The molecular formula is C17H15N3O4. The third-order valence-electron chi connectivity index (χ3n) is 3.95. The molecule has 122 valence electrons. The van der Waals surface area contributed by atoms with Crippen molar-refractivity contribution in [3.63, 3.8) is 0 Å². The van der Waals surface area contributed by atoms with Gasteiger partial charge < -0.3 is 10.6 Å². The Hall–Kier alpha value is -3.22. The molecule has 0 aromatic heterocycles. The summed E-state index contributed by atoms with van der Waals surface area (Å²) in [5, 5.41) is 16.3. The van der Waals surface area contributed by atoms with Crippen LogP contribution in [0.15, 0.2) is 36.4 Å². The van der Waals surface area contributed by atoms with Crippen LogP contribution >= 0.6 is 0 Å². The Morgan fingerprint density at radius 3 is 2.75 bits per heavy atom. The highest BCUT2D eigenvalue weighted by atomic mass is 16.6. The van der Waals surface area contributed by atoms with Gasteiger partial charge in [-0.05, 0) is 43.2 Å². The normalized spacial score (nSPS) is 13.0. The number of nitrogens with zero attached hydrogens (tertiary/aromatic N) is 1. The summed E-state index contributed by atoms with van der Waals surface area (Å²) >= 11 is 0. The number of rotatable bonds is 3. The molecular weight excluding hydrogens is 310 g/mol. The van der Waals surface area contributed by atoms with Crippen molar-refractivity contribution in [3.8, 4) is 0 Å². The second-order valence-corrected chi connectivity index (χ2v) is 5.59. The van der Waals surface area contributed by atoms with Crippen molar-refractivity contribution in [2.24, 2.45) is 0 Å².